The summed E-state index contributed by atoms with van der Waals surface area (Å²) in [6.07, 6.45) is 7.43. The fraction of sp³-hybridized carbons (Fsp3) is 0.278. The predicted molar refractivity (Wildman–Crippen MR) is 85.2 cm³/mol. The average molecular weight is 280 g/mol. The van der Waals surface area contributed by atoms with Crippen LogP contribution in [-0.2, 0) is 6.42 Å². The Balaban J connectivity index is 1.97. The van der Waals surface area contributed by atoms with Crippen LogP contribution in [0.1, 0.15) is 30.5 Å². The molecule has 0 saturated heterocycles. The quantitative estimate of drug-likeness (QED) is 0.738. The first-order chi connectivity index (χ1) is 10.4. The Hall–Kier alpha value is -2.13. The van der Waals surface area contributed by atoms with Crippen LogP contribution in [0.5, 0.6) is 0 Å². The number of hydrogen-bond donors (Lipinski definition) is 1. The molecule has 3 heteroatoms. The van der Waals surface area contributed by atoms with Gasteiger partial charge in [-0.1, -0.05) is 31.2 Å². The summed E-state index contributed by atoms with van der Waals surface area (Å²) in [5.41, 5.74) is 3.54. The molecule has 108 valence electrons. The van der Waals surface area contributed by atoms with Crippen molar-refractivity contribution in [2.75, 3.05) is 6.54 Å². The molecule has 3 nitrogen and oxygen atoms in total. The zero-order valence-electron chi connectivity index (χ0n) is 12.3. The summed E-state index contributed by atoms with van der Waals surface area (Å²) in [6.45, 7) is 3.18. The lowest BCUT2D eigenvalue weighted by Crippen LogP contribution is -2.24. The zero-order valence-corrected chi connectivity index (χ0v) is 12.3. The highest BCUT2D eigenvalue weighted by Crippen LogP contribution is 2.25. The van der Waals surface area contributed by atoms with Gasteiger partial charge < -0.3 is 9.73 Å². The van der Waals surface area contributed by atoms with Crippen molar-refractivity contribution < 1.29 is 4.42 Å². The van der Waals surface area contributed by atoms with Crippen LogP contribution in [0.3, 0.4) is 0 Å². The predicted octanol–water partition coefficient (Wildman–Crippen LogP) is 4.11. The molecule has 0 aliphatic heterocycles. The Bertz CT molecular complexity index is 686. The smallest absolute Gasteiger partial charge is 0.0935 e. The van der Waals surface area contributed by atoms with Crippen LogP contribution in [-0.4, -0.2) is 11.5 Å². The van der Waals surface area contributed by atoms with E-state index in [1.165, 1.54) is 16.5 Å². The van der Waals surface area contributed by atoms with Crippen molar-refractivity contribution in [2.24, 2.45) is 0 Å². The number of rotatable bonds is 6. The molecule has 0 saturated carbocycles. The first-order valence-corrected chi connectivity index (χ1v) is 7.46. The van der Waals surface area contributed by atoms with E-state index >= 15 is 0 Å². The maximum Gasteiger partial charge on any atom is 0.0935 e. The van der Waals surface area contributed by atoms with Gasteiger partial charge in [0.25, 0.3) is 0 Å². The number of aromatic nitrogens is 1. The number of hydrogen-bond acceptors (Lipinski definition) is 3. The highest BCUT2D eigenvalue weighted by atomic mass is 16.3. The highest BCUT2D eigenvalue weighted by molar-refractivity contribution is 5.82. The van der Waals surface area contributed by atoms with Gasteiger partial charge in [0.15, 0.2) is 0 Å². The molecule has 1 atom stereocenters. The van der Waals surface area contributed by atoms with Gasteiger partial charge in [-0.05, 0) is 42.6 Å². The van der Waals surface area contributed by atoms with Gasteiger partial charge in [-0.3, -0.25) is 4.98 Å². The SMILES string of the molecule is CCCNC(Cc1ccoc1)c1cccc2cccnc12. The first-order valence-electron chi connectivity index (χ1n) is 7.46. The standard InChI is InChI=1S/C18H20N2O/c1-2-9-19-17(12-14-8-11-21-13-14)16-7-3-5-15-6-4-10-20-18(15)16/h3-8,10-11,13,17,19H,2,9,12H2,1H3. The summed E-state index contributed by atoms with van der Waals surface area (Å²) in [7, 11) is 0. The zero-order chi connectivity index (χ0) is 14.5. The molecule has 0 aliphatic rings. The molecule has 0 amide bonds. The monoisotopic (exact) mass is 280 g/mol. The van der Waals surface area contributed by atoms with Crippen LogP contribution in [0.15, 0.2) is 59.5 Å². The van der Waals surface area contributed by atoms with Crippen LogP contribution < -0.4 is 5.32 Å². The van der Waals surface area contributed by atoms with Crippen molar-refractivity contribution in [3.8, 4) is 0 Å². The molecule has 2 aromatic heterocycles. The Morgan fingerprint density at radius 1 is 1.19 bits per heavy atom. The molecule has 3 aromatic rings. The second-order valence-corrected chi connectivity index (χ2v) is 5.26. The lowest BCUT2D eigenvalue weighted by molar-refractivity contribution is 0.522. The van der Waals surface area contributed by atoms with Gasteiger partial charge in [0, 0.05) is 17.6 Å². The number of nitrogens with one attached hydrogen (secondary N) is 1. The van der Waals surface area contributed by atoms with Gasteiger partial charge in [0.1, 0.15) is 0 Å². The molecule has 3 rings (SSSR count). The van der Waals surface area contributed by atoms with E-state index in [9.17, 15) is 0 Å². The van der Waals surface area contributed by atoms with Gasteiger partial charge in [-0.15, -0.1) is 0 Å². The van der Waals surface area contributed by atoms with E-state index < -0.39 is 0 Å². The molecule has 21 heavy (non-hydrogen) atoms. The second kappa shape index (κ2) is 6.55. The van der Waals surface area contributed by atoms with Crippen molar-refractivity contribution in [3.05, 3.63) is 66.2 Å². The van der Waals surface area contributed by atoms with Crippen LogP contribution in [0, 0.1) is 0 Å². The van der Waals surface area contributed by atoms with Crippen LogP contribution in [0.2, 0.25) is 0 Å². The van der Waals surface area contributed by atoms with E-state index in [1.54, 1.807) is 6.26 Å². The number of furan rings is 1. The molecular formula is C18H20N2O. The summed E-state index contributed by atoms with van der Waals surface area (Å²) in [4.78, 5) is 4.58. The Kier molecular flexibility index (Phi) is 4.31. The van der Waals surface area contributed by atoms with Crippen molar-refractivity contribution in [1.82, 2.24) is 10.3 Å². The van der Waals surface area contributed by atoms with Gasteiger partial charge in [-0.25, -0.2) is 0 Å². The summed E-state index contributed by atoms with van der Waals surface area (Å²) in [5, 5.41) is 4.82. The van der Waals surface area contributed by atoms with Gasteiger partial charge >= 0.3 is 0 Å². The molecule has 1 N–H and O–H groups in total. The number of fused-ring (bicyclic) bond motifs is 1. The molecule has 0 spiro atoms. The molecule has 1 aromatic carbocycles. The third kappa shape index (κ3) is 3.14. The molecule has 0 bridgehead atoms. The molecule has 1 unspecified atom stereocenters. The van der Waals surface area contributed by atoms with E-state index in [2.05, 4.69) is 41.5 Å². The van der Waals surface area contributed by atoms with Crippen molar-refractivity contribution in [3.63, 3.8) is 0 Å². The van der Waals surface area contributed by atoms with Gasteiger partial charge in [0.2, 0.25) is 0 Å². The van der Waals surface area contributed by atoms with Crippen molar-refractivity contribution in [2.45, 2.75) is 25.8 Å². The molecule has 0 radical (unpaired) electrons. The topological polar surface area (TPSA) is 38.1 Å². The minimum atomic E-state index is 0.251. The number of pyridine rings is 1. The minimum absolute atomic E-state index is 0.251. The summed E-state index contributed by atoms with van der Waals surface area (Å²) in [6, 6.07) is 12.8. The van der Waals surface area contributed by atoms with Crippen LogP contribution in [0.4, 0.5) is 0 Å². The van der Waals surface area contributed by atoms with Gasteiger partial charge in [-0.2, -0.15) is 0 Å². The number of nitrogens with zero attached hydrogens (tertiary/aromatic N) is 1. The maximum atomic E-state index is 5.20. The highest BCUT2D eigenvalue weighted by Gasteiger charge is 2.15. The maximum absolute atomic E-state index is 5.20. The summed E-state index contributed by atoms with van der Waals surface area (Å²) in [5.74, 6) is 0. The van der Waals surface area contributed by atoms with Crippen molar-refractivity contribution >= 4 is 10.9 Å². The molecule has 2 heterocycles. The fourth-order valence-electron chi connectivity index (χ4n) is 2.66. The van der Waals surface area contributed by atoms with E-state index in [-0.39, 0.29) is 6.04 Å². The molecular weight excluding hydrogens is 260 g/mol. The Morgan fingerprint density at radius 2 is 2.10 bits per heavy atom. The second-order valence-electron chi connectivity index (χ2n) is 5.26. The number of para-hydroxylation sites is 1. The van der Waals surface area contributed by atoms with Crippen LogP contribution in [0.25, 0.3) is 10.9 Å². The third-order valence-electron chi connectivity index (χ3n) is 3.70. The molecule has 0 aliphatic carbocycles. The van der Waals surface area contributed by atoms with Crippen molar-refractivity contribution in [1.29, 1.82) is 0 Å². The van der Waals surface area contributed by atoms with E-state index in [0.29, 0.717) is 0 Å². The number of benzene rings is 1. The van der Waals surface area contributed by atoms with E-state index in [1.807, 2.05) is 24.6 Å². The molecule has 0 fully saturated rings. The minimum Gasteiger partial charge on any atom is -0.472 e. The lowest BCUT2D eigenvalue weighted by Gasteiger charge is -2.19. The Morgan fingerprint density at radius 3 is 2.90 bits per heavy atom. The fourth-order valence-corrected chi connectivity index (χ4v) is 2.66. The van der Waals surface area contributed by atoms with Crippen LogP contribution >= 0.6 is 0 Å². The third-order valence-corrected chi connectivity index (χ3v) is 3.70. The van der Waals surface area contributed by atoms with E-state index in [0.717, 1.165) is 24.9 Å². The van der Waals surface area contributed by atoms with Gasteiger partial charge in [0.05, 0.1) is 18.0 Å². The lowest BCUT2D eigenvalue weighted by atomic mass is 9.97. The summed E-state index contributed by atoms with van der Waals surface area (Å²) >= 11 is 0. The largest absolute Gasteiger partial charge is 0.472 e. The van der Waals surface area contributed by atoms with E-state index in [4.69, 9.17) is 4.42 Å². The normalized spacial score (nSPS) is 12.6. The summed E-state index contributed by atoms with van der Waals surface area (Å²) < 4.78 is 5.20. The average Bonchev–Trinajstić information content (AvgIpc) is 3.04. The first kappa shape index (κ1) is 13.8. The Labute approximate surface area is 125 Å².